The van der Waals surface area contributed by atoms with E-state index >= 15 is 0 Å². The number of benzene rings is 1. The maximum Gasteiger partial charge on any atom is 0.293 e. The van der Waals surface area contributed by atoms with Crippen LogP contribution in [-0.4, -0.2) is 22.5 Å². The van der Waals surface area contributed by atoms with E-state index in [1.165, 1.54) is 11.3 Å². The molecule has 2 amide bonds. The number of aromatic nitrogens is 1. The summed E-state index contributed by atoms with van der Waals surface area (Å²) in [5, 5.41) is 10.4. The number of hydrogen-bond donors (Lipinski definition) is 2. The van der Waals surface area contributed by atoms with Crippen LogP contribution in [0.5, 0.6) is 0 Å². The molecule has 1 aliphatic carbocycles. The molecule has 0 saturated heterocycles. The Morgan fingerprint density at radius 1 is 1.18 bits per heavy atom. The Labute approximate surface area is 200 Å². The van der Waals surface area contributed by atoms with E-state index in [2.05, 4.69) is 20.8 Å². The molecule has 2 N–H and O–H groups in total. The normalized spacial score (nSPS) is 14.4. The predicted molar refractivity (Wildman–Crippen MR) is 131 cm³/mol. The number of hydrazone groups is 1. The summed E-state index contributed by atoms with van der Waals surface area (Å²) in [5.41, 5.74) is 8.76. The maximum absolute atomic E-state index is 12.7. The highest BCUT2D eigenvalue weighted by atomic mass is 32.1. The second-order valence-corrected chi connectivity index (χ2v) is 9.31. The van der Waals surface area contributed by atoms with Crippen molar-refractivity contribution in [2.75, 3.05) is 5.32 Å². The monoisotopic (exact) mass is 476 g/mol. The van der Waals surface area contributed by atoms with Crippen LogP contribution in [-0.2, 0) is 17.6 Å². The average molecular weight is 477 g/mol. The Hall–Kier alpha value is -3.72. The van der Waals surface area contributed by atoms with E-state index in [-0.39, 0.29) is 24.0 Å². The molecule has 0 saturated carbocycles. The quantitative estimate of drug-likeness (QED) is 0.391. The lowest BCUT2D eigenvalue weighted by molar-refractivity contribution is -0.120. The molecule has 34 heavy (non-hydrogen) atoms. The minimum absolute atomic E-state index is 0.158. The Morgan fingerprint density at radius 2 is 2.03 bits per heavy atom. The smallest absolute Gasteiger partial charge is 0.293 e. The van der Waals surface area contributed by atoms with Gasteiger partial charge in [-0.05, 0) is 44.7 Å². The maximum atomic E-state index is 12.7. The van der Waals surface area contributed by atoms with Crippen molar-refractivity contribution in [2.24, 2.45) is 5.10 Å². The lowest BCUT2D eigenvalue weighted by Crippen LogP contribution is -2.23. The predicted octanol–water partition coefficient (Wildman–Crippen LogP) is 5.06. The van der Waals surface area contributed by atoms with Gasteiger partial charge in [0, 0.05) is 40.1 Å². The van der Waals surface area contributed by atoms with Crippen LogP contribution in [0.25, 0.3) is 11.0 Å². The zero-order chi connectivity index (χ0) is 23.8. The van der Waals surface area contributed by atoms with Gasteiger partial charge in [0.25, 0.3) is 5.91 Å². The number of furan rings is 2. The molecule has 8 nitrogen and oxygen atoms in total. The molecule has 0 fully saturated rings. The van der Waals surface area contributed by atoms with Crippen molar-refractivity contribution in [3.05, 3.63) is 69.3 Å². The molecule has 0 unspecified atom stereocenters. The van der Waals surface area contributed by atoms with Crippen molar-refractivity contribution in [3.8, 4) is 0 Å². The molecule has 5 rings (SSSR count). The first-order valence-corrected chi connectivity index (χ1v) is 12.0. The van der Waals surface area contributed by atoms with E-state index in [0.717, 1.165) is 39.6 Å². The molecule has 9 heteroatoms. The number of thiazole rings is 1. The molecule has 174 valence electrons. The highest BCUT2D eigenvalue weighted by Gasteiger charge is 2.28. The van der Waals surface area contributed by atoms with Crippen LogP contribution in [0, 0.1) is 20.8 Å². The van der Waals surface area contributed by atoms with Crippen molar-refractivity contribution in [3.63, 3.8) is 0 Å². The van der Waals surface area contributed by atoms with Gasteiger partial charge in [-0.2, -0.15) is 5.10 Å². The highest BCUT2D eigenvalue weighted by Crippen LogP contribution is 2.31. The zero-order valence-electron chi connectivity index (χ0n) is 19.2. The minimum atomic E-state index is -0.345. The summed E-state index contributed by atoms with van der Waals surface area (Å²) < 4.78 is 11.6. The van der Waals surface area contributed by atoms with Crippen LogP contribution in [0.1, 0.15) is 57.0 Å². The van der Waals surface area contributed by atoms with Crippen molar-refractivity contribution in [1.29, 1.82) is 0 Å². The third-order valence-corrected chi connectivity index (χ3v) is 6.88. The van der Waals surface area contributed by atoms with E-state index in [1.54, 1.807) is 17.8 Å². The number of aryl methyl sites for hydroxylation is 3. The van der Waals surface area contributed by atoms with E-state index in [1.807, 2.05) is 32.9 Å². The van der Waals surface area contributed by atoms with Gasteiger partial charge in [-0.1, -0.05) is 12.1 Å². The topological polar surface area (TPSA) is 110 Å². The van der Waals surface area contributed by atoms with Gasteiger partial charge < -0.3 is 8.83 Å². The first-order valence-electron chi connectivity index (χ1n) is 11.1. The number of rotatable bonds is 5. The molecule has 0 atom stereocenters. The van der Waals surface area contributed by atoms with Crippen LogP contribution in [0.15, 0.2) is 43.9 Å². The first kappa shape index (κ1) is 22.1. The summed E-state index contributed by atoms with van der Waals surface area (Å²) in [4.78, 5) is 29.5. The molecule has 0 radical (unpaired) electrons. The van der Waals surface area contributed by atoms with Gasteiger partial charge >= 0.3 is 0 Å². The van der Waals surface area contributed by atoms with Crippen molar-refractivity contribution < 1.29 is 18.4 Å². The van der Waals surface area contributed by atoms with Crippen LogP contribution in [0.4, 0.5) is 5.13 Å². The summed E-state index contributed by atoms with van der Waals surface area (Å²) in [7, 11) is 0. The molecule has 1 aromatic carbocycles. The molecular weight excluding hydrogens is 452 g/mol. The van der Waals surface area contributed by atoms with Crippen molar-refractivity contribution >= 4 is 45.0 Å². The molecule has 0 aliphatic heterocycles. The molecule has 4 aromatic rings. The molecule has 1 aliphatic rings. The molecule has 0 bridgehead atoms. The van der Waals surface area contributed by atoms with Gasteiger partial charge in [0.15, 0.2) is 10.9 Å². The van der Waals surface area contributed by atoms with Crippen LogP contribution < -0.4 is 10.7 Å². The summed E-state index contributed by atoms with van der Waals surface area (Å²) >= 11 is 1.34. The third-order valence-electron chi connectivity index (χ3n) is 6.19. The number of amides is 2. The summed E-state index contributed by atoms with van der Waals surface area (Å²) in [6.07, 6.45) is 5.65. The fourth-order valence-electron chi connectivity index (χ4n) is 4.30. The third kappa shape index (κ3) is 4.03. The average Bonchev–Trinajstić information content (AvgIpc) is 3.55. The largest absolute Gasteiger partial charge is 0.464 e. The van der Waals surface area contributed by atoms with Crippen molar-refractivity contribution in [1.82, 2.24) is 10.4 Å². The fraction of sp³-hybridized carbons (Fsp3) is 0.280. The second kappa shape index (κ2) is 8.90. The Kier molecular flexibility index (Phi) is 5.79. The Balaban J connectivity index is 1.34. The zero-order valence-corrected chi connectivity index (χ0v) is 20.0. The van der Waals surface area contributed by atoms with Crippen LogP contribution in [0.3, 0.4) is 0 Å². The molecule has 3 aromatic heterocycles. The highest BCUT2D eigenvalue weighted by molar-refractivity contribution is 7.13. The lowest BCUT2D eigenvalue weighted by Gasteiger charge is -2.13. The Morgan fingerprint density at radius 3 is 2.82 bits per heavy atom. The Bertz CT molecular complexity index is 1430. The van der Waals surface area contributed by atoms with Crippen LogP contribution in [0.2, 0.25) is 0 Å². The molecule has 3 heterocycles. The van der Waals surface area contributed by atoms with E-state index in [4.69, 9.17) is 8.83 Å². The summed E-state index contributed by atoms with van der Waals surface area (Å²) in [6.45, 7) is 5.88. The van der Waals surface area contributed by atoms with Gasteiger partial charge in [0.05, 0.1) is 18.4 Å². The second-order valence-electron chi connectivity index (χ2n) is 8.41. The minimum Gasteiger partial charge on any atom is -0.464 e. The number of carbonyl (C=O) groups excluding carboxylic acids is 2. The number of fused-ring (bicyclic) bond motifs is 2. The number of carbonyl (C=O) groups is 2. The van der Waals surface area contributed by atoms with E-state index in [9.17, 15) is 9.59 Å². The van der Waals surface area contributed by atoms with E-state index < -0.39 is 0 Å². The SMILES string of the molecule is Cc1ccc2c(CC(=O)N/N=C3\CCCc4oc(C(=O)Nc5nccs5)c(C)c43)coc2c1C. The van der Waals surface area contributed by atoms with Gasteiger partial charge in [-0.15, -0.1) is 11.3 Å². The fourth-order valence-corrected chi connectivity index (χ4v) is 4.83. The first-order chi connectivity index (χ1) is 16.4. The number of hydrogen-bond acceptors (Lipinski definition) is 7. The van der Waals surface area contributed by atoms with Gasteiger partial charge in [0.2, 0.25) is 5.91 Å². The number of anilines is 1. The number of nitrogens with one attached hydrogen (secondary N) is 2. The van der Waals surface area contributed by atoms with E-state index in [0.29, 0.717) is 35.0 Å². The van der Waals surface area contributed by atoms with Gasteiger partial charge in [-0.25, -0.2) is 10.4 Å². The van der Waals surface area contributed by atoms with Crippen LogP contribution >= 0.6 is 11.3 Å². The lowest BCUT2D eigenvalue weighted by atomic mass is 9.93. The van der Waals surface area contributed by atoms with Gasteiger partial charge in [-0.3, -0.25) is 14.9 Å². The number of nitrogens with zero attached hydrogens (tertiary/aromatic N) is 2. The molecule has 0 spiro atoms. The summed E-state index contributed by atoms with van der Waals surface area (Å²) in [6, 6.07) is 4.01. The molecular formula is C25H24N4O4S. The van der Waals surface area contributed by atoms with Crippen molar-refractivity contribution in [2.45, 2.75) is 46.5 Å². The summed E-state index contributed by atoms with van der Waals surface area (Å²) in [5.74, 6) is 0.385. The van der Waals surface area contributed by atoms with Gasteiger partial charge in [0.1, 0.15) is 11.3 Å². The standard InChI is InChI=1S/C25H24N4O4S/c1-13-7-8-17-16(12-32-22(17)14(13)2)11-20(30)29-28-18-5-4-6-19-21(18)15(3)23(33-19)24(31)27-25-26-9-10-34-25/h7-10,12H,4-6,11H2,1-3H3,(H,29,30)(H,26,27,31)/b28-18+.